The SMILES string of the molecule is [3H]N1CCC(C(C)C)CC1. The lowest BCUT2D eigenvalue weighted by atomic mass is 9.87. The second kappa shape index (κ2) is 3.21. The van der Waals surface area contributed by atoms with Gasteiger partial charge in [0.1, 0.15) is 1.41 Å². The van der Waals surface area contributed by atoms with Crippen molar-refractivity contribution in [3.63, 3.8) is 0 Å². The van der Waals surface area contributed by atoms with Crippen molar-refractivity contribution in [3.8, 4) is 0 Å². The Bertz CT molecular complexity index is 95.4. The van der Waals surface area contributed by atoms with E-state index in [-0.39, 0.29) is 0 Å². The molecule has 9 heavy (non-hydrogen) atoms. The Balaban J connectivity index is 2.26. The molecule has 1 saturated heterocycles. The summed E-state index contributed by atoms with van der Waals surface area (Å²) >= 11 is 0. The van der Waals surface area contributed by atoms with Gasteiger partial charge in [-0.15, -0.1) is 0 Å². The largest absolute Gasteiger partial charge is 0.317 e. The Hall–Kier alpha value is -0.0400. The molecule has 0 aromatic carbocycles. The number of hydrogen-bond donors (Lipinski definition) is 1. The Morgan fingerprint density at radius 3 is 2.44 bits per heavy atom. The van der Waals surface area contributed by atoms with E-state index in [9.17, 15) is 0 Å². The van der Waals surface area contributed by atoms with Gasteiger partial charge in [0, 0.05) is 0 Å². The smallest absolute Gasteiger partial charge is 0.122 e. The van der Waals surface area contributed by atoms with Crippen LogP contribution in [0.2, 0.25) is 1.41 Å². The van der Waals surface area contributed by atoms with Crippen molar-refractivity contribution < 1.29 is 1.41 Å². The minimum Gasteiger partial charge on any atom is -0.317 e. The van der Waals surface area contributed by atoms with Crippen molar-refractivity contribution in [2.45, 2.75) is 26.7 Å². The molecule has 0 amide bonds. The Kier molecular flexibility index (Phi) is 2.04. The van der Waals surface area contributed by atoms with Gasteiger partial charge in [-0.25, -0.2) is 0 Å². The lowest BCUT2D eigenvalue weighted by Gasteiger charge is -2.25. The molecular weight excluding hydrogens is 110 g/mol. The van der Waals surface area contributed by atoms with Crippen molar-refractivity contribution in [3.05, 3.63) is 0 Å². The minimum absolute atomic E-state index is 0.814. The van der Waals surface area contributed by atoms with Crippen LogP contribution in [0.15, 0.2) is 0 Å². The summed E-state index contributed by atoms with van der Waals surface area (Å²) in [5.41, 5.74) is 0. The summed E-state index contributed by atoms with van der Waals surface area (Å²) in [5, 5.41) is 1.68. The fourth-order valence-electron chi connectivity index (χ4n) is 1.44. The van der Waals surface area contributed by atoms with E-state index in [1.54, 1.807) is 5.31 Å². The zero-order valence-corrected chi connectivity index (χ0v) is 6.43. The van der Waals surface area contributed by atoms with E-state index in [1.165, 1.54) is 12.8 Å². The number of hydrogen-bond acceptors (Lipinski definition) is 1. The molecule has 1 N–H and O–H groups in total. The summed E-state index contributed by atoms with van der Waals surface area (Å²) in [6, 6.07) is 0. The van der Waals surface area contributed by atoms with Gasteiger partial charge in [0.15, 0.2) is 0 Å². The van der Waals surface area contributed by atoms with Gasteiger partial charge in [-0.05, 0) is 37.8 Å². The first kappa shape index (κ1) is 5.72. The van der Waals surface area contributed by atoms with Crippen molar-refractivity contribution >= 4 is 0 Å². The molecular formula is C8H17N. The third kappa shape index (κ3) is 1.98. The van der Waals surface area contributed by atoms with Crippen molar-refractivity contribution in [1.82, 2.24) is 5.31 Å². The van der Waals surface area contributed by atoms with Gasteiger partial charge in [-0.1, -0.05) is 13.8 Å². The van der Waals surface area contributed by atoms with Gasteiger partial charge in [-0.3, -0.25) is 0 Å². The van der Waals surface area contributed by atoms with Gasteiger partial charge < -0.3 is 5.31 Å². The lowest BCUT2D eigenvalue weighted by Crippen LogP contribution is -2.29. The van der Waals surface area contributed by atoms with E-state index < -0.39 is 0 Å². The van der Waals surface area contributed by atoms with Crippen LogP contribution in [0, 0.1) is 11.8 Å². The number of rotatable bonds is 1. The molecule has 1 rings (SSSR count). The number of piperidine rings is 1. The van der Waals surface area contributed by atoms with Crippen LogP contribution in [0.1, 0.15) is 26.7 Å². The summed E-state index contributed by atoms with van der Waals surface area (Å²) in [5.74, 6) is 1.69. The predicted molar refractivity (Wildman–Crippen MR) is 40.4 cm³/mol. The molecule has 1 nitrogen and oxygen atoms in total. The molecule has 54 valence electrons. The van der Waals surface area contributed by atoms with Crippen LogP contribution in [0.4, 0.5) is 0 Å². The maximum Gasteiger partial charge on any atom is 0.122 e. The molecule has 0 saturated carbocycles. The third-order valence-electron chi connectivity index (χ3n) is 2.26. The molecule has 0 aromatic heterocycles. The number of nitrogens with one attached hydrogen (secondary N) is 1. The minimum atomic E-state index is 0.814. The van der Waals surface area contributed by atoms with E-state index in [1.807, 2.05) is 0 Å². The summed E-state index contributed by atoms with van der Waals surface area (Å²) < 4.78 is 7.34. The first-order valence-corrected chi connectivity index (χ1v) is 3.94. The molecule has 0 unspecified atom stereocenters. The lowest BCUT2D eigenvalue weighted by molar-refractivity contribution is 0.292. The fraction of sp³-hybridized carbons (Fsp3) is 1.00. The normalized spacial score (nSPS) is 26.8. The topological polar surface area (TPSA) is 12.0 Å². The van der Waals surface area contributed by atoms with Crippen molar-refractivity contribution in [1.29, 1.82) is 0 Å². The zero-order valence-electron chi connectivity index (χ0n) is 7.43. The average molecular weight is 129 g/mol. The molecule has 0 radical (unpaired) electrons. The maximum atomic E-state index is 7.34. The maximum absolute atomic E-state index is 7.34. The molecule has 1 heteroatoms. The Morgan fingerprint density at radius 1 is 1.44 bits per heavy atom. The highest BCUT2D eigenvalue weighted by atomic mass is 14.9. The highest BCUT2D eigenvalue weighted by Crippen LogP contribution is 2.20. The summed E-state index contributed by atoms with van der Waals surface area (Å²) in [7, 11) is 0. The molecule has 0 bridgehead atoms. The Morgan fingerprint density at radius 2 is 2.00 bits per heavy atom. The first-order chi connectivity index (χ1) is 4.70. The highest BCUT2D eigenvalue weighted by molar-refractivity contribution is 4.70. The Labute approximate surface area is 59.3 Å². The van der Waals surface area contributed by atoms with Crippen LogP contribution in [-0.2, 0) is 0 Å². The zero-order chi connectivity index (χ0) is 7.56. The van der Waals surface area contributed by atoms with Crippen LogP contribution in [0.3, 0.4) is 0 Å². The molecule has 0 aromatic rings. The van der Waals surface area contributed by atoms with E-state index in [0.717, 1.165) is 24.9 Å². The van der Waals surface area contributed by atoms with Gasteiger partial charge in [0.05, 0.1) is 0 Å². The van der Waals surface area contributed by atoms with Gasteiger partial charge in [0.25, 0.3) is 0 Å². The quantitative estimate of drug-likeness (QED) is 0.567. The van der Waals surface area contributed by atoms with Crippen LogP contribution >= 0.6 is 0 Å². The second-order valence-electron chi connectivity index (χ2n) is 3.25. The summed E-state index contributed by atoms with van der Waals surface area (Å²) in [6.07, 6.45) is 2.45. The summed E-state index contributed by atoms with van der Waals surface area (Å²) in [6.45, 7) is 6.51. The molecule has 1 aliphatic rings. The van der Waals surface area contributed by atoms with E-state index in [2.05, 4.69) is 13.8 Å². The van der Waals surface area contributed by atoms with Crippen LogP contribution in [0.25, 0.3) is 0 Å². The average Bonchev–Trinajstić information content (AvgIpc) is 1.88. The van der Waals surface area contributed by atoms with Crippen molar-refractivity contribution in [2.75, 3.05) is 13.1 Å². The first-order valence-electron chi connectivity index (χ1n) is 4.38. The molecule has 1 fully saturated rings. The van der Waals surface area contributed by atoms with Crippen molar-refractivity contribution in [2.24, 2.45) is 11.8 Å². The van der Waals surface area contributed by atoms with Gasteiger partial charge in [-0.2, -0.15) is 0 Å². The molecule has 0 spiro atoms. The monoisotopic (exact) mass is 129 g/mol. The third-order valence-corrected chi connectivity index (χ3v) is 2.26. The standard InChI is InChI=1S/C8H17N/c1-7(2)8-3-5-9-6-4-8/h7-9H,3-6H2,1-2H3/i/hT. The predicted octanol–water partition coefficient (Wildman–Crippen LogP) is 1.64. The molecule has 1 aliphatic heterocycles. The van der Waals surface area contributed by atoms with Crippen LogP contribution < -0.4 is 5.31 Å². The van der Waals surface area contributed by atoms with Crippen LogP contribution in [0.5, 0.6) is 0 Å². The molecule has 0 aliphatic carbocycles. The summed E-state index contributed by atoms with van der Waals surface area (Å²) in [4.78, 5) is 0. The van der Waals surface area contributed by atoms with Gasteiger partial charge in [0.2, 0.25) is 0 Å². The van der Waals surface area contributed by atoms with E-state index in [0.29, 0.717) is 0 Å². The van der Waals surface area contributed by atoms with E-state index in [4.69, 9.17) is 1.41 Å². The van der Waals surface area contributed by atoms with Crippen LogP contribution in [-0.4, -0.2) is 13.1 Å². The molecule has 1 heterocycles. The highest BCUT2D eigenvalue weighted by Gasteiger charge is 2.15. The fourth-order valence-corrected chi connectivity index (χ4v) is 1.44. The second-order valence-corrected chi connectivity index (χ2v) is 3.25. The van der Waals surface area contributed by atoms with E-state index >= 15 is 0 Å². The van der Waals surface area contributed by atoms with Gasteiger partial charge >= 0.3 is 0 Å². The molecule has 0 atom stereocenters.